The standard InChI is InChI=1S/C12H26F5N4P3.C8H18F5N4P3.C6H12F5N4OP3.C6H12F5N4P3.C5H12F5N4P3.C4H10F5N4OP3.C4H6F5N4P3.C3H8F5N4OP3/c1-3-5-7-9-11-21(12-10-8-6-4-2)24(17)19-22(13,14)18-23(15,16)20-24;1-3-5-7-17(8-6-4-2)20(13)15-18(9,10)14-19(11,12)16-20;1-16-6-2-4-15(5-3-6)19(11)13-17(7,8)12-18(9,10)14-19;1-6-4-2-3-5-15(6)18(11)13-16(7,8)12-17(9,10)14-18;1-3-5-14(4-2)17(10)12-15(6,7)11-16(8,9)13-17;1-13(3-4-14-2)17(9)11-15(5,6)10-16(7,8)12-17;5-14(6)10-15(7,8)12-16(9,11-14)13-3-1-2-4-13;1-12(3-13-2)16(8)10-14(4,5)9-15(6,7)11-16/h3-12H2,1-2H3;3-8H2,1-2H3;6H,2-5H2,1H3;6H,2-5H2,1H3;3-5H2,1-2H3;3-4H2,1-2H3;1-2H,3-4H2;3H2,1-2H3. The van der Waals surface area contributed by atoms with Crippen molar-refractivity contribution in [3.8, 4) is 0 Å². The summed E-state index contributed by atoms with van der Waals surface area (Å²) in [6.45, 7) is 12.5. The zero-order valence-electron chi connectivity index (χ0n) is 78.3. The monoisotopic (exact) mass is 2680 g/mol. The van der Waals surface area contributed by atoms with E-state index in [1.54, 1.807) is 13.8 Å². The van der Waals surface area contributed by atoms with Crippen LogP contribution in [0.2, 0.25) is 0 Å². The quantitative estimate of drug-likeness (QED) is 0.0195. The molecule has 11 heterocycles. The average molecular weight is 2680 g/mol. The molecule has 11 aliphatic rings. The molecule has 35 nitrogen and oxygen atoms in total. The first kappa shape index (κ1) is 141. The fourth-order valence-corrected chi connectivity index (χ4v) is 62.1. The predicted molar refractivity (Wildman–Crippen MR) is 524 cm³/mol. The fourth-order valence-electron chi connectivity index (χ4n) is 12.3. The molecule has 0 bridgehead atoms. The van der Waals surface area contributed by atoms with Crippen LogP contribution in [0.15, 0.2) is 121 Å². The van der Waals surface area contributed by atoms with Gasteiger partial charge in [-0.1, -0.05) is 111 Å². The smallest absolute Gasteiger partial charge is 0.383 e. The summed E-state index contributed by atoms with van der Waals surface area (Å²) in [4.78, 5) is 0. The Morgan fingerprint density at radius 1 is 0.265 bits per heavy atom. The molecule has 0 saturated carbocycles. The van der Waals surface area contributed by atoms with Gasteiger partial charge in [0.1, 0.15) is 6.73 Å². The number of methoxy groups -OCH3 is 3. The first-order chi connectivity index (χ1) is 66.6. The number of halogens is 40. The normalized spacial score (nSPS) is 31.6. The Morgan fingerprint density at radius 2 is 0.551 bits per heavy atom. The topological polar surface area (TPSA) is 350 Å². The van der Waals surface area contributed by atoms with E-state index in [0.29, 0.717) is 80.0 Å². The molecule has 99 heteroatoms. The van der Waals surface area contributed by atoms with Gasteiger partial charge in [-0.15, -0.1) is 243 Å². The van der Waals surface area contributed by atoms with Crippen molar-refractivity contribution < 1.29 is 182 Å². The number of nitrogens with zero attached hydrogens (tertiary/aromatic N) is 32. The Hall–Kier alpha value is 2.02. The molecule has 0 N–H and O–H groups in total. The van der Waals surface area contributed by atoms with Gasteiger partial charge in [-0.2, -0.15) is 33.6 Å². The zero-order valence-corrected chi connectivity index (χ0v) is 99.8. The summed E-state index contributed by atoms with van der Waals surface area (Å²) >= 11 is 0. The predicted octanol–water partition coefficient (Wildman–Crippen LogP) is 51.6. The Balaban J connectivity index is 0.000000351. The molecule has 147 heavy (non-hydrogen) atoms. The molecule has 0 spiro atoms. The second-order valence-corrected chi connectivity index (χ2v) is 74.8. The van der Waals surface area contributed by atoms with Gasteiger partial charge in [0.2, 0.25) is 0 Å². The third-order valence-corrected chi connectivity index (χ3v) is 69.5. The minimum atomic E-state index is -5.63. The van der Waals surface area contributed by atoms with Crippen molar-refractivity contribution in [2.24, 2.45) is 108 Å². The van der Waals surface area contributed by atoms with Crippen LogP contribution in [-0.4, -0.2) is 177 Å². The van der Waals surface area contributed by atoms with Gasteiger partial charge < -0.3 is 14.2 Å². The minimum Gasteiger partial charge on any atom is -0.383 e. The number of unbranched alkanes of at least 4 members (excludes halogenated alkanes) is 8. The van der Waals surface area contributed by atoms with Gasteiger partial charge in [0.05, 0.1) is 12.7 Å². The van der Waals surface area contributed by atoms with Crippen LogP contribution in [0.1, 0.15) is 164 Å². The molecular formula is C48H104F40N32O3P24. The molecule has 0 aliphatic carbocycles. The molecule has 0 aromatic carbocycles. The van der Waals surface area contributed by atoms with E-state index in [-0.39, 0.29) is 91.2 Å². The maximum Gasteiger partial charge on any atom is 0.424 e. The number of hydrogen-bond donors (Lipinski definition) is 0. The first-order valence-corrected chi connectivity index (χ1v) is 77.9. The van der Waals surface area contributed by atoms with Crippen LogP contribution in [0.4, 0.5) is 168 Å². The van der Waals surface area contributed by atoms with Crippen LogP contribution in [0, 0.1) is 0 Å². The summed E-state index contributed by atoms with van der Waals surface area (Å²) in [5.74, 6) is 0. The molecule has 9 atom stereocenters. The Labute approximate surface area is 826 Å². The Bertz CT molecular complexity index is 5990. The lowest BCUT2D eigenvalue weighted by Gasteiger charge is -2.36. The van der Waals surface area contributed by atoms with Gasteiger partial charge in [-0.3, -0.25) is 0 Å². The van der Waals surface area contributed by atoms with Crippen molar-refractivity contribution in [1.29, 1.82) is 0 Å². The third-order valence-electron chi connectivity index (χ3n) is 18.4. The van der Waals surface area contributed by atoms with Gasteiger partial charge in [-0.05, 0) is 78.8 Å². The third kappa shape index (κ3) is 48.2. The van der Waals surface area contributed by atoms with Gasteiger partial charge in [0, 0.05) is 106 Å². The van der Waals surface area contributed by atoms with Crippen LogP contribution in [-0.2, 0) is 14.2 Å². The lowest BCUT2D eigenvalue weighted by Crippen LogP contribution is -2.33. The number of hydrogen-bond acceptors (Lipinski definition) is 35. The van der Waals surface area contributed by atoms with E-state index in [2.05, 4.69) is 90.8 Å². The summed E-state index contributed by atoms with van der Waals surface area (Å²) in [5.41, 5.74) is 0. The number of piperidine rings is 2. The van der Waals surface area contributed by atoms with Crippen molar-refractivity contribution in [3.05, 3.63) is 12.2 Å². The molecule has 9 unspecified atom stereocenters. The Morgan fingerprint density at radius 3 is 0.850 bits per heavy atom. The van der Waals surface area contributed by atoms with E-state index in [0.717, 1.165) is 94.2 Å². The van der Waals surface area contributed by atoms with Gasteiger partial charge in [0.25, 0.3) is 0 Å². The molecule has 11 aliphatic heterocycles. The molecule has 0 aromatic heterocycles. The number of ether oxygens (including phenoxy) is 3. The summed E-state index contributed by atoms with van der Waals surface area (Å²) in [6.07, 6.45) is 14.9. The lowest BCUT2D eigenvalue weighted by atomic mass is 10.1. The summed E-state index contributed by atoms with van der Waals surface area (Å²) in [7, 11) is -121. The highest BCUT2D eigenvalue weighted by Gasteiger charge is 2.52. The maximum atomic E-state index is 15.0. The number of rotatable bonds is 33. The molecule has 0 amide bonds. The van der Waals surface area contributed by atoms with Crippen molar-refractivity contribution in [3.63, 3.8) is 0 Å². The lowest BCUT2D eigenvalue weighted by molar-refractivity contribution is 0.0600. The van der Waals surface area contributed by atoms with Gasteiger partial charge in [-0.25, -0.2) is 37.4 Å². The van der Waals surface area contributed by atoms with Crippen molar-refractivity contribution in [1.82, 2.24) is 37.4 Å². The maximum absolute atomic E-state index is 15.0. The van der Waals surface area contributed by atoms with E-state index < -0.39 is 199 Å². The molecular weight excluding hydrogens is 2580 g/mol. The molecule has 0 radical (unpaired) electrons. The van der Waals surface area contributed by atoms with Crippen LogP contribution < -0.4 is 0 Å². The highest BCUT2D eigenvalue weighted by molar-refractivity contribution is 7.83. The molecule has 11 rings (SSSR count). The van der Waals surface area contributed by atoms with Crippen molar-refractivity contribution in [2.75, 3.05) is 127 Å². The van der Waals surface area contributed by atoms with Crippen LogP contribution >= 0.6 is 187 Å². The average Bonchev–Trinajstić information content (AvgIpc) is 1.64. The highest BCUT2D eigenvalue weighted by atomic mass is 31.3. The van der Waals surface area contributed by atoms with Crippen molar-refractivity contribution >= 4 is 187 Å². The van der Waals surface area contributed by atoms with Gasteiger partial charge in [0.15, 0.2) is 0 Å². The molecule has 0 aromatic rings. The zero-order chi connectivity index (χ0) is 113. The SMILES string of the molecule is CC1CCCCN1P1(F)=NP(F)(F)=NP(F)(F)=N1.CCCCCCN(CCCCCC)P1(F)=NP(F)(F)=NP(F)(F)=N1.CCCCN(CCCC)P1(F)=NP(F)(F)=NP(F)(F)=N1.CCCN(CC)P1(F)=NP(F)(F)=NP(F)(F)=N1.COC1CCN(P2(F)=NP(F)(F)=NP(F)(F)=N2)CC1.COCCN(C)P1(F)=NP(F)(F)=NP(F)(F)=N1.COCN(C)P1(F)=NP(F)(F)=NP(F)(F)=N1.FP1(F)=NP(F)(F)=NP(F)(N2CC=CC2)=N1. The van der Waals surface area contributed by atoms with Crippen LogP contribution in [0.5, 0.6) is 0 Å². The van der Waals surface area contributed by atoms with E-state index in [1.165, 1.54) is 33.3 Å². The van der Waals surface area contributed by atoms with E-state index in [1.807, 2.05) is 54.8 Å². The molecule has 2 fully saturated rings. The van der Waals surface area contributed by atoms with E-state index in [9.17, 15) is 168 Å². The van der Waals surface area contributed by atoms with Crippen LogP contribution in [0.3, 0.4) is 0 Å². The minimum absolute atomic E-state index is 0.00160. The van der Waals surface area contributed by atoms with E-state index >= 15 is 0 Å². The summed E-state index contributed by atoms with van der Waals surface area (Å²) in [6, 6.07) is -0.400. The van der Waals surface area contributed by atoms with Gasteiger partial charge >= 0.3 is 187 Å². The van der Waals surface area contributed by atoms with Crippen LogP contribution in [0.25, 0.3) is 0 Å². The molecule has 874 valence electrons. The number of likely N-dealkylation sites (N-methyl/N-ethyl adjacent to an activating group) is 1. The molecule has 2 saturated heterocycles. The summed E-state index contributed by atoms with van der Waals surface area (Å²) in [5, 5.41) is 0. The largest absolute Gasteiger partial charge is 0.424 e. The highest BCUT2D eigenvalue weighted by Crippen LogP contribution is 2.91. The Kier molecular flexibility index (Phi) is 54.7. The van der Waals surface area contributed by atoms with Crippen molar-refractivity contribution in [2.45, 2.75) is 176 Å². The second kappa shape index (κ2) is 57.0. The summed E-state index contributed by atoms with van der Waals surface area (Å²) < 4.78 is 611. The first-order valence-electron chi connectivity index (χ1n) is 42.0. The fraction of sp³-hybridized carbons (Fsp3) is 0.958. The second-order valence-electron chi connectivity index (χ2n) is 30.4. The van der Waals surface area contributed by atoms with E-state index in [4.69, 9.17) is 4.74 Å².